The van der Waals surface area contributed by atoms with E-state index in [2.05, 4.69) is 10.6 Å². The molecule has 3 N–H and O–H groups in total. The molecule has 0 aromatic heterocycles. The van der Waals surface area contributed by atoms with E-state index >= 15 is 0 Å². The molecule has 0 saturated carbocycles. The van der Waals surface area contributed by atoms with Crippen LogP contribution in [0.5, 0.6) is 5.75 Å². The van der Waals surface area contributed by atoms with Crippen LogP contribution in [0.3, 0.4) is 0 Å². The van der Waals surface area contributed by atoms with Gasteiger partial charge in [-0.05, 0) is 23.8 Å². The Balaban J connectivity index is 1.77. The lowest BCUT2D eigenvalue weighted by Gasteiger charge is -2.13. The van der Waals surface area contributed by atoms with Crippen molar-refractivity contribution in [3.63, 3.8) is 0 Å². The van der Waals surface area contributed by atoms with Gasteiger partial charge < -0.3 is 20.5 Å². The van der Waals surface area contributed by atoms with Gasteiger partial charge in [-0.3, -0.25) is 0 Å². The number of carbonyl (C=O) groups excluding carboxylic acids is 1. The van der Waals surface area contributed by atoms with Gasteiger partial charge in [0.2, 0.25) is 0 Å². The monoisotopic (exact) mass is 318 g/mol. The lowest BCUT2D eigenvalue weighted by Crippen LogP contribution is -2.37. The molecule has 2 aromatic rings. The molecule has 0 aliphatic rings. The highest BCUT2D eigenvalue weighted by molar-refractivity contribution is 5.73. The summed E-state index contributed by atoms with van der Waals surface area (Å²) in [4.78, 5) is 11.7. The third-order valence-corrected chi connectivity index (χ3v) is 3.33. The zero-order valence-corrected chi connectivity index (χ0v) is 12.8. The molecule has 0 unspecified atom stereocenters. The first-order valence-electron chi connectivity index (χ1n) is 7.17. The van der Waals surface area contributed by atoms with E-state index in [1.54, 1.807) is 31.4 Å². The normalized spacial score (nSPS) is 11.6. The summed E-state index contributed by atoms with van der Waals surface area (Å²) in [6.45, 7) is 0.265. The average Bonchev–Trinajstić information content (AvgIpc) is 2.58. The Morgan fingerprint density at radius 3 is 2.52 bits per heavy atom. The number of urea groups is 1. The maximum Gasteiger partial charge on any atom is 0.315 e. The molecule has 6 heteroatoms. The average molecular weight is 318 g/mol. The maximum atomic E-state index is 13.5. The van der Waals surface area contributed by atoms with Gasteiger partial charge in [-0.25, -0.2) is 9.18 Å². The van der Waals surface area contributed by atoms with E-state index in [9.17, 15) is 14.3 Å². The Morgan fingerprint density at radius 1 is 1.17 bits per heavy atom. The van der Waals surface area contributed by atoms with Crippen LogP contribution in [-0.4, -0.2) is 24.8 Å². The Kier molecular flexibility index (Phi) is 5.94. The van der Waals surface area contributed by atoms with Gasteiger partial charge in [-0.15, -0.1) is 0 Å². The van der Waals surface area contributed by atoms with Crippen molar-refractivity contribution in [3.8, 4) is 5.75 Å². The highest BCUT2D eigenvalue weighted by Crippen LogP contribution is 2.15. The predicted molar refractivity (Wildman–Crippen MR) is 84.6 cm³/mol. The summed E-state index contributed by atoms with van der Waals surface area (Å²) in [5, 5.41) is 15.1. The molecule has 0 heterocycles. The first-order valence-corrected chi connectivity index (χ1v) is 7.17. The molecule has 2 rings (SSSR count). The number of hydrogen-bond acceptors (Lipinski definition) is 3. The number of benzene rings is 2. The van der Waals surface area contributed by atoms with Gasteiger partial charge in [0.25, 0.3) is 0 Å². The number of ether oxygens (including phenoxy) is 1. The second-order valence-electron chi connectivity index (χ2n) is 4.95. The van der Waals surface area contributed by atoms with E-state index in [1.807, 2.05) is 12.1 Å². The van der Waals surface area contributed by atoms with Gasteiger partial charge in [0.15, 0.2) is 0 Å². The number of methoxy groups -OCH3 is 1. The lowest BCUT2D eigenvalue weighted by molar-refractivity contribution is 0.169. The summed E-state index contributed by atoms with van der Waals surface area (Å²) in [5.41, 5.74) is 1.07. The van der Waals surface area contributed by atoms with E-state index in [1.165, 1.54) is 12.1 Å². The van der Waals surface area contributed by atoms with Crippen molar-refractivity contribution in [1.29, 1.82) is 0 Å². The topological polar surface area (TPSA) is 70.6 Å². The van der Waals surface area contributed by atoms with Gasteiger partial charge in [0.1, 0.15) is 11.6 Å². The Bertz CT molecular complexity index is 647. The Labute approximate surface area is 134 Å². The summed E-state index contributed by atoms with van der Waals surface area (Å²) in [7, 11) is 1.58. The van der Waals surface area contributed by atoms with Crippen LogP contribution in [0.2, 0.25) is 0 Å². The minimum absolute atomic E-state index is 0.0740. The number of rotatable bonds is 6. The van der Waals surface area contributed by atoms with Crippen molar-refractivity contribution in [2.75, 3.05) is 13.7 Å². The van der Waals surface area contributed by atoms with Crippen LogP contribution in [0.1, 0.15) is 17.2 Å². The molecular weight excluding hydrogens is 299 g/mol. The van der Waals surface area contributed by atoms with E-state index in [0.717, 1.165) is 11.3 Å². The zero-order chi connectivity index (χ0) is 16.7. The fraction of sp³-hybridized carbons (Fsp3) is 0.235. The van der Waals surface area contributed by atoms with E-state index in [4.69, 9.17) is 4.74 Å². The fourth-order valence-corrected chi connectivity index (χ4v) is 2.03. The van der Waals surface area contributed by atoms with Crippen molar-refractivity contribution in [2.24, 2.45) is 0 Å². The van der Waals surface area contributed by atoms with Crippen molar-refractivity contribution >= 4 is 6.03 Å². The van der Waals surface area contributed by atoms with E-state index in [0.29, 0.717) is 6.54 Å². The first kappa shape index (κ1) is 16.8. The second-order valence-corrected chi connectivity index (χ2v) is 4.95. The molecule has 2 aromatic carbocycles. The van der Waals surface area contributed by atoms with Gasteiger partial charge in [0, 0.05) is 18.7 Å². The van der Waals surface area contributed by atoms with Gasteiger partial charge in [0.05, 0.1) is 13.2 Å². The first-order chi connectivity index (χ1) is 11.1. The molecule has 0 spiro atoms. The molecule has 5 nitrogen and oxygen atoms in total. The highest BCUT2D eigenvalue weighted by atomic mass is 19.1. The standard InChI is InChI=1S/C17H19FN2O3/c1-23-13-8-6-12(7-9-13)10-19-17(22)20-11-16(21)14-4-2-3-5-15(14)18/h2-9,16,21H,10-11H2,1H3,(H2,19,20,22)/t16-/m1/s1. The smallest absolute Gasteiger partial charge is 0.315 e. The fourth-order valence-electron chi connectivity index (χ4n) is 2.03. The number of halogens is 1. The molecule has 0 aliphatic carbocycles. The van der Waals surface area contributed by atoms with Crippen molar-refractivity contribution in [1.82, 2.24) is 10.6 Å². The number of aliphatic hydroxyl groups is 1. The molecule has 0 aliphatic heterocycles. The zero-order valence-electron chi connectivity index (χ0n) is 12.8. The molecular formula is C17H19FN2O3. The summed E-state index contributed by atoms with van der Waals surface area (Å²) >= 11 is 0. The summed E-state index contributed by atoms with van der Waals surface area (Å²) in [5.74, 6) is 0.242. The summed E-state index contributed by atoms with van der Waals surface area (Å²) < 4.78 is 18.6. The minimum atomic E-state index is -1.09. The van der Waals surface area contributed by atoms with Crippen LogP contribution >= 0.6 is 0 Å². The van der Waals surface area contributed by atoms with Gasteiger partial charge in [-0.2, -0.15) is 0 Å². The van der Waals surface area contributed by atoms with Crippen LogP contribution in [0, 0.1) is 5.82 Å². The highest BCUT2D eigenvalue weighted by Gasteiger charge is 2.13. The van der Waals surface area contributed by atoms with Crippen LogP contribution in [0.4, 0.5) is 9.18 Å². The van der Waals surface area contributed by atoms with Crippen molar-refractivity contribution < 1.29 is 19.0 Å². The molecule has 0 fully saturated rings. The Morgan fingerprint density at radius 2 is 1.87 bits per heavy atom. The van der Waals surface area contributed by atoms with Crippen LogP contribution in [0.25, 0.3) is 0 Å². The lowest BCUT2D eigenvalue weighted by atomic mass is 10.1. The van der Waals surface area contributed by atoms with Gasteiger partial charge >= 0.3 is 6.03 Å². The number of nitrogens with one attached hydrogen (secondary N) is 2. The number of hydrogen-bond donors (Lipinski definition) is 3. The molecule has 122 valence electrons. The third kappa shape index (κ3) is 4.96. The number of amides is 2. The Hall–Kier alpha value is -2.60. The third-order valence-electron chi connectivity index (χ3n) is 3.33. The van der Waals surface area contributed by atoms with Crippen LogP contribution in [0.15, 0.2) is 48.5 Å². The minimum Gasteiger partial charge on any atom is -0.497 e. The van der Waals surface area contributed by atoms with Crippen LogP contribution in [-0.2, 0) is 6.54 Å². The quantitative estimate of drug-likeness (QED) is 0.766. The summed E-state index contributed by atoms with van der Waals surface area (Å²) in [6.07, 6.45) is -1.09. The summed E-state index contributed by atoms with van der Waals surface area (Å²) in [6, 6.07) is 12.8. The second kappa shape index (κ2) is 8.14. The van der Waals surface area contributed by atoms with Crippen molar-refractivity contribution in [3.05, 3.63) is 65.5 Å². The molecule has 23 heavy (non-hydrogen) atoms. The van der Waals surface area contributed by atoms with Gasteiger partial charge in [-0.1, -0.05) is 30.3 Å². The van der Waals surface area contributed by atoms with E-state index < -0.39 is 18.0 Å². The largest absolute Gasteiger partial charge is 0.497 e. The molecule has 0 bridgehead atoms. The number of aliphatic hydroxyl groups excluding tert-OH is 1. The molecule has 1 atom stereocenters. The van der Waals surface area contributed by atoms with Crippen molar-refractivity contribution in [2.45, 2.75) is 12.6 Å². The van der Waals surface area contributed by atoms with Crippen LogP contribution < -0.4 is 15.4 Å². The molecule has 2 amide bonds. The molecule has 0 saturated heterocycles. The SMILES string of the molecule is COc1ccc(CNC(=O)NC[C@@H](O)c2ccccc2F)cc1. The maximum absolute atomic E-state index is 13.5. The number of carbonyl (C=O) groups is 1. The molecule has 0 radical (unpaired) electrons. The van der Waals surface area contributed by atoms with E-state index in [-0.39, 0.29) is 12.1 Å². The predicted octanol–water partition coefficient (Wildman–Crippen LogP) is 2.37.